The Hall–Kier alpha value is -3.12. The maximum absolute atomic E-state index is 13.0. The van der Waals surface area contributed by atoms with Crippen molar-refractivity contribution in [2.45, 2.75) is 13.0 Å². The van der Waals surface area contributed by atoms with Gasteiger partial charge in [0.05, 0.1) is 20.8 Å². The molecule has 0 radical (unpaired) electrons. The lowest BCUT2D eigenvalue weighted by Gasteiger charge is -2.24. The zero-order chi connectivity index (χ0) is 21.5. The molecular weight excluding hydrogens is 402 g/mol. The lowest BCUT2D eigenvalue weighted by atomic mass is 10.1. The number of halogens is 1. The molecule has 3 aromatic rings. The molecule has 2 aromatic carbocycles. The number of rotatable bonds is 8. The summed E-state index contributed by atoms with van der Waals surface area (Å²) in [5, 5.41) is 3.52. The van der Waals surface area contributed by atoms with Gasteiger partial charge in [-0.3, -0.25) is 0 Å². The third-order valence-electron chi connectivity index (χ3n) is 4.89. The first-order valence-corrected chi connectivity index (χ1v) is 10.0. The average Bonchev–Trinajstić information content (AvgIpc) is 3.15. The summed E-state index contributed by atoms with van der Waals surface area (Å²) in [6, 6.07) is 16.7. The van der Waals surface area contributed by atoms with E-state index >= 15 is 0 Å². The average molecular weight is 428 g/mol. The van der Waals surface area contributed by atoms with Gasteiger partial charge in [-0.2, -0.15) is 0 Å². The molecule has 0 fully saturated rings. The Morgan fingerprint density at radius 2 is 1.87 bits per heavy atom. The molecule has 1 aromatic heterocycles. The largest absolute Gasteiger partial charge is 0.493 e. The summed E-state index contributed by atoms with van der Waals surface area (Å²) >= 11 is 6.05. The van der Waals surface area contributed by atoms with E-state index in [0.717, 1.165) is 11.3 Å². The van der Waals surface area contributed by atoms with Gasteiger partial charge in [0, 0.05) is 36.2 Å². The monoisotopic (exact) mass is 427 g/mol. The zero-order valence-corrected chi connectivity index (χ0v) is 18.1. The van der Waals surface area contributed by atoms with Crippen LogP contribution in [0.1, 0.15) is 11.3 Å². The highest BCUT2D eigenvalue weighted by atomic mass is 35.5. The summed E-state index contributed by atoms with van der Waals surface area (Å²) in [6.45, 7) is 1.02. The van der Waals surface area contributed by atoms with Crippen LogP contribution in [0.5, 0.6) is 11.5 Å². The molecule has 0 aliphatic heterocycles. The van der Waals surface area contributed by atoms with Gasteiger partial charge in [0.25, 0.3) is 0 Å². The van der Waals surface area contributed by atoms with Crippen molar-refractivity contribution in [1.29, 1.82) is 0 Å². The number of aryl methyl sites for hydroxylation is 1. The van der Waals surface area contributed by atoms with Gasteiger partial charge >= 0.3 is 6.03 Å². The van der Waals surface area contributed by atoms with E-state index in [9.17, 15) is 4.79 Å². The molecule has 3 rings (SSSR count). The first kappa shape index (κ1) is 21.6. The molecule has 7 heteroatoms. The van der Waals surface area contributed by atoms with Crippen molar-refractivity contribution < 1.29 is 14.3 Å². The Morgan fingerprint density at radius 1 is 1.07 bits per heavy atom. The van der Waals surface area contributed by atoms with Crippen LogP contribution >= 0.6 is 11.6 Å². The number of hydrogen-bond acceptors (Lipinski definition) is 3. The standard InChI is InChI=1S/C23H26ClN3O3/c1-26-12-5-8-20(26)16-27(23(28)25-19-7-4-6-18(24)15-19)13-11-17-9-10-21(29-2)22(14-17)30-3/h4-10,12,14-15H,11,13,16H2,1-3H3,(H,25,28). The Morgan fingerprint density at radius 3 is 2.53 bits per heavy atom. The van der Waals surface area contributed by atoms with E-state index in [0.29, 0.717) is 41.7 Å². The first-order chi connectivity index (χ1) is 14.5. The maximum atomic E-state index is 13.0. The second-order valence-electron chi connectivity index (χ2n) is 6.91. The molecule has 0 aliphatic carbocycles. The van der Waals surface area contributed by atoms with Gasteiger partial charge in [-0.15, -0.1) is 0 Å². The SMILES string of the molecule is COc1ccc(CCN(Cc2cccn2C)C(=O)Nc2cccc(Cl)c2)cc1OC. The van der Waals surface area contributed by atoms with Crippen molar-refractivity contribution in [3.05, 3.63) is 77.1 Å². The molecule has 2 amide bonds. The first-order valence-electron chi connectivity index (χ1n) is 9.62. The van der Waals surface area contributed by atoms with Crippen LogP contribution in [0.25, 0.3) is 0 Å². The van der Waals surface area contributed by atoms with Crippen molar-refractivity contribution in [1.82, 2.24) is 9.47 Å². The number of carbonyl (C=O) groups excluding carboxylic acids is 1. The number of methoxy groups -OCH3 is 2. The van der Waals surface area contributed by atoms with E-state index in [1.165, 1.54) is 0 Å². The third-order valence-corrected chi connectivity index (χ3v) is 5.12. The fourth-order valence-corrected chi connectivity index (χ4v) is 3.37. The number of hydrogen-bond donors (Lipinski definition) is 1. The fraction of sp³-hybridized carbons (Fsp3) is 0.261. The van der Waals surface area contributed by atoms with Gasteiger partial charge in [-0.05, 0) is 54.4 Å². The van der Waals surface area contributed by atoms with Crippen molar-refractivity contribution in [3.63, 3.8) is 0 Å². The Balaban J connectivity index is 1.75. The fourth-order valence-electron chi connectivity index (χ4n) is 3.18. The maximum Gasteiger partial charge on any atom is 0.322 e. The molecular formula is C23H26ClN3O3. The van der Waals surface area contributed by atoms with E-state index in [4.69, 9.17) is 21.1 Å². The molecule has 0 saturated carbocycles. The van der Waals surface area contributed by atoms with Crippen molar-refractivity contribution in [2.24, 2.45) is 7.05 Å². The normalized spacial score (nSPS) is 10.5. The minimum absolute atomic E-state index is 0.182. The third kappa shape index (κ3) is 5.48. The smallest absolute Gasteiger partial charge is 0.322 e. The van der Waals surface area contributed by atoms with Crippen LogP contribution < -0.4 is 14.8 Å². The predicted octanol–water partition coefficient (Wildman–Crippen LogP) is 4.97. The van der Waals surface area contributed by atoms with E-state index in [1.54, 1.807) is 31.3 Å². The highest BCUT2D eigenvalue weighted by molar-refractivity contribution is 6.30. The van der Waals surface area contributed by atoms with E-state index < -0.39 is 0 Å². The van der Waals surface area contributed by atoms with Gasteiger partial charge in [0.15, 0.2) is 11.5 Å². The molecule has 0 spiro atoms. The zero-order valence-electron chi connectivity index (χ0n) is 17.4. The van der Waals surface area contributed by atoms with Gasteiger partial charge in [-0.25, -0.2) is 4.79 Å². The van der Waals surface area contributed by atoms with Crippen molar-refractivity contribution in [3.8, 4) is 11.5 Å². The molecule has 30 heavy (non-hydrogen) atoms. The van der Waals surface area contributed by atoms with Crippen LogP contribution in [0.2, 0.25) is 5.02 Å². The van der Waals surface area contributed by atoms with Crippen LogP contribution in [-0.4, -0.2) is 36.3 Å². The minimum atomic E-state index is -0.182. The molecule has 0 atom stereocenters. The highest BCUT2D eigenvalue weighted by Gasteiger charge is 2.16. The summed E-state index contributed by atoms with van der Waals surface area (Å²) in [4.78, 5) is 14.8. The van der Waals surface area contributed by atoms with Gasteiger partial charge in [0.2, 0.25) is 0 Å². The van der Waals surface area contributed by atoms with Crippen LogP contribution in [0.15, 0.2) is 60.8 Å². The number of amides is 2. The topological polar surface area (TPSA) is 55.7 Å². The van der Waals surface area contributed by atoms with E-state index in [-0.39, 0.29) is 6.03 Å². The summed E-state index contributed by atoms with van der Waals surface area (Å²) in [5.74, 6) is 1.35. The summed E-state index contributed by atoms with van der Waals surface area (Å²) < 4.78 is 12.7. The van der Waals surface area contributed by atoms with Crippen molar-refractivity contribution >= 4 is 23.3 Å². The second kappa shape index (κ2) is 10.1. The molecule has 0 saturated heterocycles. The van der Waals surface area contributed by atoms with Crippen LogP contribution in [-0.2, 0) is 20.0 Å². The molecule has 0 aliphatic rings. The molecule has 158 valence electrons. The van der Waals surface area contributed by atoms with Gasteiger partial charge < -0.3 is 24.3 Å². The quantitative estimate of drug-likeness (QED) is 0.552. The minimum Gasteiger partial charge on any atom is -0.493 e. The van der Waals surface area contributed by atoms with E-state index in [1.807, 2.05) is 60.3 Å². The van der Waals surface area contributed by atoms with E-state index in [2.05, 4.69) is 5.32 Å². The van der Waals surface area contributed by atoms with Gasteiger partial charge in [-0.1, -0.05) is 23.7 Å². The lowest BCUT2D eigenvalue weighted by Crippen LogP contribution is -2.36. The molecule has 0 bridgehead atoms. The molecule has 6 nitrogen and oxygen atoms in total. The Bertz CT molecular complexity index is 1000. The number of urea groups is 1. The second-order valence-corrected chi connectivity index (χ2v) is 7.35. The van der Waals surface area contributed by atoms with Crippen LogP contribution in [0, 0.1) is 0 Å². The number of ether oxygens (including phenoxy) is 2. The predicted molar refractivity (Wildman–Crippen MR) is 120 cm³/mol. The molecule has 1 N–H and O–H groups in total. The number of anilines is 1. The Kier molecular flexibility index (Phi) is 7.25. The van der Waals surface area contributed by atoms with Crippen LogP contribution in [0.4, 0.5) is 10.5 Å². The molecule has 1 heterocycles. The van der Waals surface area contributed by atoms with Crippen LogP contribution in [0.3, 0.4) is 0 Å². The number of nitrogens with zero attached hydrogens (tertiary/aromatic N) is 2. The number of nitrogens with one attached hydrogen (secondary N) is 1. The lowest BCUT2D eigenvalue weighted by molar-refractivity contribution is 0.208. The number of aromatic nitrogens is 1. The summed E-state index contributed by atoms with van der Waals surface area (Å²) in [5.41, 5.74) is 2.76. The summed E-state index contributed by atoms with van der Waals surface area (Å²) in [6.07, 6.45) is 2.64. The van der Waals surface area contributed by atoms with Crippen molar-refractivity contribution in [2.75, 3.05) is 26.1 Å². The summed E-state index contributed by atoms with van der Waals surface area (Å²) in [7, 11) is 5.19. The number of benzene rings is 2. The Labute approximate surface area is 182 Å². The highest BCUT2D eigenvalue weighted by Crippen LogP contribution is 2.28. The molecule has 0 unspecified atom stereocenters. The van der Waals surface area contributed by atoms with Gasteiger partial charge in [0.1, 0.15) is 0 Å². The number of carbonyl (C=O) groups is 1.